The minimum absolute atomic E-state index is 0.108. The molecule has 1 saturated carbocycles. The fraction of sp³-hybridized carbons (Fsp3) is 0.440. The summed E-state index contributed by atoms with van der Waals surface area (Å²) in [4.78, 5) is 26.2. The fourth-order valence-electron chi connectivity index (χ4n) is 4.46. The highest BCUT2D eigenvalue weighted by atomic mass is 19.4. The standard InChI is InChI=1S/C25H28F3NO5/c1-16(30)33-21-15-18(25(26,27)28)10-11-20(21)22(31)34-19-9-7-8-17(14-19)24(32)13-6-5-12-23(24,2)29(3)4/h7-11,14-15,32H,5-6,12-13H2,1-4H3. The van der Waals surface area contributed by atoms with E-state index in [1.807, 2.05) is 25.9 Å². The first-order valence-corrected chi connectivity index (χ1v) is 10.9. The molecule has 1 N–H and O–H groups in total. The number of halogens is 3. The van der Waals surface area contributed by atoms with E-state index in [-0.39, 0.29) is 11.3 Å². The molecule has 0 amide bonds. The summed E-state index contributed by atoms with van der Waals surface area (Å²) in [6.45, 7) is 3.00. The Morgan fingerprint density at radius 1 is 1.03 bits per heavy atom. The average Bonchev–Trinajstić information content (AvgIpc) is 2.74. The van der Waals surface area contributed by atoms with Gasteiger partial charge in [0.1, 0.15) is 22.7 Å². The van der Waals surface area contributed by atoms with Gasteiger partial charge in [0, 0.05) is 6.92 Å². The second kappa shape index (κ2) is 9.38. The van der Waals surface area contributed by atoms with E-state index in [9.17, 15) is 27.9 Å². The van der Waals surface area contributed by atoms with Crippen LogP contribution in [-0.2, 0) is 16.6 Å². The first kappa shape index (κ1) is 25.7. The van der Waals surface area contributed by atoms with E-state index in [1.165, 1.54) is 6.07 Å². The lowest BCUT2D eigenvalue weighted by atomic mass is 9.66. The van der Waals surface area contributed by atoms with Gasteiger partial charge in [-0.25, -0.2) is 4.79 Å². The van der Waals surface area contributed by atoms with Crippen molar-refractivity contribution in [2.45, 2.75) is 56.8 Å². The number of hydrogen-bond acceptors (Lipinski definition) is 6. The van der Waals surface area contributed by atoms with E-state index < -0.39 is 40.6 Å². The number of carbonyl (C=O) groups excluding carboxylic acids is 2. The first-order chi connectivity index (χ1) is 15.8. The topological polar surface area (TPSA) is 76.1 Å². The van der Waals surface area contributed by atoms with Crippen LogP contribution in [0.2, 0.25) is 0 Å². The van der Waals surface area contributed by atoms with E-state index in [2.05, 4.69) is 0 Å². The maximum absolute atomic E-state index is 13.1. The van der Waals surface area contributed by atoms with Gasteiger partial charge in [-0.1, -0.05) is 25.0 Å². The summed E-state index contributed by atoms with van der Waals surface area (Å²) in [5.74, 6) is -2.31. The van der Waals surface area contributed by atoms with Gasteiger partial charge in [0.25, 0.3) is 0 Å². The molecule has 184 valence electrons. The van der Waals surface area contributed by atoms with E-state index in [0.717, 1.165) is 32.3 Å². The lowest BCUT2D eigenvalue weighted by molar-refractivity contribution is -0.138. The van der Waals surface area contributed by atoms with Crippen LogP contribution in [0.15, 0.2) is 42.5 Å². The number of carbonyl (C=O) groups is 2. The molecule has 0 spiro atoms. The van der Waals surface area contributed by atoms with Crippen LogP contribution >= 0.6 is 0 Å². The number of likely N-dealkylation sites (N-methyl/N-ethyl adjacent to an activating group) is 1. The molecule has 0 bridgehead atoms. The number of hydrogen-bond donors (Lipinski definition) is 1. The molecule has 2 aromatic carbocycles. The molecule has 34 heavy (non-hydrogen) atoms. The molecule has 6 nitrogen and oxygen atoms in total. The summed E-state index contributed by atoms with van der Waals surface area (Å²) in [5.41, 5.74) is -2.58. The molecule has 0 radical (unpaired) electrons. The van der Waals surface area contributed by atoms with E-state index in [4.69, 9.17) is 9.47 Å². The highest BCUT2D eigenvalue weighted by molar-refractivity contribution is 5.95. The molecule has 0 aromatic heterocycles. The van der Waals surface area contributed by atoms with Crippen LogP contribution in [0.1, 0.15) is 61.0 Å². The molecule has 2 atom stereocenters. The maximum atomic E-state index is 13.1. The van der Waals surface area contributed by atoms with Gasteiger partial charge >= 0.3 is 18.1 Å². The van der Waals surface area contributed by atoms with Gasteiger partial charge in [0.05, 0.1) is 11.1 Å². The molecular weight excluding hydrogens is 451 g/mol. The molecule has 9 heteroatoms. The average molecular weight is 479 g/mol. The summed E-state index contributed by atoms with van der Waals surface area (Å²) in [7, 11) is 3.81. The van der Waals surface area contributed by atoms with Crippen LogP contribution in [0.3, 0.4) is 0 Å². The van der Waals surface area contributed by atoms with Crippen LogP contribution in [0, 0.1) is 0 Å². The lowest BCUT2D eigenvalue weighted by Crippen LogP contribution is -2.59. The van der Waals surface area contributed by atoms with E-state index in [1.54, 1.807) is 18.2 Å². The molecular formula is C25H28F3NO5. The molecule has 2 unspecified atom stereocenters. The Morgan fingerprint density at radius 3 is 2.32 bits per heavy atom. The van der Waals surface area contributed by atoms with Crippen LogP contribution in [0.5, 0.6) is 11.5 Å². The van der Waals surface area contributed by atoms with Crippen LogP contribution in [0.25, 0.3) is 0 Å². The van der Waals surface area contributed by atoms with Crippen molar-refractivity contribution in [2.24, 2.45) is 0 Å². The Hall–Kier alpha value is -2.91. The zero-order chi connectivity index (χ0) is 25.3. The molecule has 2 aromatic rings. The minimum atomic E-state index is -4.68. The Morgan fingerprint density at radius 2 is 1.71 bits per heavy atom. The zero-order valence-electron chi connectivity index (χ0n) is 19.5. The van der Waals surface area contributed by atoms with Crippen molar-refractivity contribution in [3.05, 3.63) is 59.2 Å². The summed E-state index contributed by atoms with van der Waals surface area (Å²) < 4.78 is 49.5. The molecule has 3 rings (SSSR count). The van der Waals surface area contributed by atoms with Gasteiger partial charge < -0.3 is 19.5 Å². The largest absolute Gasteiger partial charge is 0.426 e. The minimum Gasteiger partial charge on any atom is -0.426 e. The van der Waals surface area contributed by atoms with E-state index >= 15 is 0 Å². The number of alkyl halides is 3. The van der Waals surface area contributed by atoms with Gasteiger partial charge in [0.15, 0.2) is 0 Å². The highest BCUT2D eigenvalue weighted by Gasteiger charge is 2.51. The third-order valence-electron chi connectivity index (χ3n) is 6.63. The second-order valence-electron chi connectivity index (χ2n) is 8.96. The summed E-state index contributed by atoms with van der Waals surface area (Å²) in [6.07, 6.45) is -1.58. The normalized spacial score (nSPS) is 23.0. The van der Waals surface area contributed by atoms with Crippen molar-refractivity contribution >= 4 is 11.9 Å². The lowest BCUT2D eigenvalue weighted by Gasteiger charge is -2.52. The predicted octanol–water partition coefficient (Wildman–Crippen LogP) is 4.93. The Kier molecular flexibility index (Phi) is 7.10. The second-order valence-corrected chi connectivity index (χ2v) is 8.96. The summed E-state index contributed by atoms with van der Waals surface area (Å²) >= 11 is 0. The number of rotatable bonds is 5. The molecule has 1 aliphatic carbocycles. The molecule has 0 aliphatic heterocycles. The fourth-order valence-corrected chi connectivity index (χ4v) is 4.46. The Labute approximate surface area is 196 Å². The van der Waals surface area contributed by atoms with Gasteiger partial charge in [0.2, 0.25) is 0 Å². The van der Waals surface area contributed by atoms with Crippen molar-refractivity contribution in [1.29, 1.82) is 0 Å². The van der Waals surface area contributed by atoms with E-state index in [0.29, 0.717) is 24.1 Å². The van der Waals surface area contributed by atoms with Crippen molar-refractivity contribution < 1.29 is 37.3 Å². The van der Waals surface area contributed by atoms with Gasteiger partial charge in [-0.15, -0.1) is 0 Å². The monoisotopic (exact) mass is 479 g/mol. The zero-order valence-corrected chi connectivity index (χ0v) is 19.5. The number of aliphatic hydroxyl groups is 1. The van der Waals surface area contributed by atoms with Gasteiger partial charge in [-0.3, -0.25) is 4.79 Å². The van der Waals surface area contributed by atoms with Crippen molar-refractivity contribution in [2.75, 3.05) is 14.1 Å². The quantitative estimate of drug-likeness (QED) is 0.484. The summed E-state index contributed by atoms with van der Waals surface area (Å²) in [6, 6.07) is 8.67. The molecule has 0 saturated heterocycles. The van der Waals surface area contributed by atoms with Crippen molar-refractivity contribution in [3.8, 4) is 11.5 Å². The molecule has 1 aliphatic rings. The maximum Gasteiger partial charge on any atom is 0.416 e. The Bertz CT molecular complexity index is 1080. The number of ether oxygens (including phenoxy) is 2. The number of benzene rings is 2. The highest BCUT2D eigenvalue weighted by Crippen LogP contribution is 2.47. The molecule has 1 fully saturated rings. The van der Waals surface area contributed by atoms with Crippen molar-refractivity contribution in [3.63, 3.8) is 0 Å². The van der Waals surface area contributed by atoms with Gasteiger partial charge in [-0.2, -0.15) is 13.2 Å². The van der Waals surface area contributed by atoms with Crippen LogP contribution in [0.4, 0.5) is 13.2 Å². The number of esters is 2. The predicted molar refractivity (Wildman–Crippen MR) is 119 cm³/mol. The smallest absolute Gasteiger partial charge is 0.416 e. The molecule has 0 heterocycles. The SMILES string of the molecule is CC(=O)Oc1cc(C(F)(F)F)ccc1C(=O)Oc1cccc(C2(O)CCCCC2(C)N(C)C)c1. The van der Waals surface area contributed by atoms with Crippen LogP contribution < -0.4 is 9.47 Å². The number of nitrogens with zero attached hydrogens (tertiary/aromatic N) is 1. The third kappa shape index (κ3) is 4.95. The summed E-state index contributed by atoms with van der Waals surface area (Å²) in [5, 5.41) is 11.7. The third-order valence-corrected chi connectivity index (χ3v) is 6.63. The van der Waals surface area contributed by atoms with Crippen molar-refractivity contribution in [1.82, 2.24) is 4.90 Å². The van der Waals surface area contributed by atoms with Gasteiger partial charge in [-0.05, 0) is 69.8 Å². The first-order valence-electron chi connectivity index (χ1n) is 10.9. The Balaban J connectivity index is 1.94. The van der Waals surface area contributed by atoms with Crippen LogP contribution in [-0.4, -0.2) is 41.6 Å².